The van der Waals surface area contributed by atoms with Gasteiger partial charge >= 0.3 is 6.03 Å². The van der Waals surface area contributed by atoms with Crippen molar-refractivity contribution in [3.05, 3.63) is 0 Å². The van der Waals surface area contributed by atoms with Crippen LogP contribution in [0.4, 0.5) is 4.79 Å². The first kappa shape index (κ1) is 10.2. The molecule has 0 unspecified atom stereocenters. The van der Waals surface area contributed by atoms with Crippen LogP contribution >= 0.6 is 0 Å². The third-order valence-corrected chi connectivity index (χ3v) is 1.25. The molecule has 0 fully saturated rings. The number of likely N-dealkylation sites (N-methyl/N-ethyl adjacent to an activating group) is 1. The fourth-order valence-electron chi connectivity index (χ4n) is 0.536. The van der Waals surface area contributed by atoms with Crippen LogP contribution in [0.15, 0.2) is 0 Å². The zero-order valence-corrected chi connectivity index (χ0v) is 7.33. The number of primary amides is 1. The molecule has 0 saturated heterocycles. The van der Waals surface area contributed by atoms with Crippen molar-refractivity contribution in [2.75, 3.05) is 20.2 Å². The molecular weight excluding hydrogens is 144 g/mol. The van der Waals surface area contributed by atoms with Crippen LogP contribution in [-0.2, 0) is 4.74 Å². The van der Waals surface area contributed by atoms with E-state index in [4.69, 9.17) is 10.5 Å². The fourth-order valence-corrected chi connectivity index (χ4v) is 0.536. The van der Waals surface area contributed by atoms with Gasteiger partial charge in [-0.2, -0.15) is 0 Å². The van der Waals surface area contributed by atoms with Crippen LogP contribution in [-0.4, -0.2) is 37.2 Å². The standard InChI is InChI=1S/C7H16N2O2/c1-6(2)11-5-4-9(3)7(8)10/h6H,4-5H2,1-3H3,(H2,8,10). The maximum Gasteiger partial charge on any atom is 0.314 e. The summed E-state index contributed by atoms with van der Waals surface area (Å²) in [6.07, 6.45) is 0.205. The Morgan fingerprint density at radius 3 is 2.55 bits per heavy atom. The van der Waals surface area contributed by atoms with E-state index in [9.17, 15) is 4.79 Å². The predicted octanol–water partition coefficient (Wildman–Crippen LogP) is 0.422. The van der Waals surface area contributed by atoms with Gasteiger partial charge in [0, 0.05) is 13.6 Å². The molecule has 0 spiro atoms. The molecule has 0 bridgehead atoms. The molecule has 0 saturated carbocycles. The summed E-state index contributed by atoms with van der Waals surface area (Å²) in [4.78, 5) is 11.9. The number of amides is 2. The third-order valence-electron chi connectivity index (χ3n) is 1.25. The van der Waals surface area contributed by atoms with Gasteiger partial charge in [0.05, 0.1) is 12.7 Å². The molecule has 0 aromatic heterocycles. The van der Waals surface area contributed by atoms with E-state index in [1.54, 1.807) is 7.05 Å². The topological polar surface area (TPSA) is 55.6 Å². The minimum absolute atomic E-state index is 0.205. The van der Waals surface area contributed by atoms with Gasteiger partial charge < -0.3 is 15.4 Å². The minimum atomic E-state index is -0.419. The highest BCUT2D eigenvalue weighted by Gasteiger charge is 2.01. The van der Waals surface area contributed by atoms with Crippen molar-refractivity contribution in [1.29, 1.82) is 0 Å². The second-order valence-corrected chi connectivity index (χ2v) is 2.68. The second kappa shape index (κ2) is 4.96. The minimum Gasteiger partial charge on any atom is -0.377 e. The lowest BCUT2D eigenvalue weighted by Crippen LogP contribution is -2.34. The molecule has 0 aromatic carbocycles. The van der Waals surface area contributed by atoms with Gasteiger partial charge in [-0.3, -0.25) is 0 Å². The molecule has 0 aromatic rings. The fraction of sp³-hybridized carbons (Fsp3) is 0.857. The van der Waals surface area contributed by atoms with Crippen molar-refractivity contribution in [1.82, 2.24) is 4.90 Å². The number of nitrogens with zero attached hydrogens (tertiary/aromatic N) is 1. The van der Waals surface area contributed by atoms with Crippen molar-refractivity contribution in [3.8, 4) is 0 Å². The lowest BCUT2D eigenvalue weighted by Gasteiger charge is -2.14. The van der Waals surface area contributed by atoms with E-state index in [0.29, 0.717) is 13.2 Å². The van der Waals surface area contributed by atoms with Gasteiger partial charge in [0.25, 0.3) is 0 Å². The van der Waals surface area contributed by atoms with E-state index in [1.165, 1.54) is 4.90 Å². The maximum atomic E-state index is 10.5. The molecule has 2 amide bonds. The molecule has 0 aliphatic carbocycles. The average molecular weight is 160 g/mol. The van der Waals surface area contributed by atoms with Crippen LogP contribution in [0.2, 0.25) is 0 Å². The Bertz CT molecular complexity index is 126. The highest BCUT2D eigenvalue weighted by atomic mass is 16.5. The summed E-state index contributed by atoms with van der Waals surface area (Å²) in [7, 11) is 1.64. The Labute approximate surface area is 67.3 Å². The Balaban J connectivity index is 3.31. The van der Waals surface area contributed by atoms with Crippen LogP contribution in [0.5, 0.6) is 0 Å². The van der Waals surface area contributed by atoms with Gasteiger partial charge in [0.15, 0.2) is 0 Å². The van der Waals surface area contributed by atoms with Gasteiger partial charge in [-0.05, 0) is 13.8 Å². The zero-order valence-electron chi connectivity index (χ0n) is 7.33. The van der Waals surface area contributed by atoms with Gasteiger partial charge in [-0.15, -0.1) is 0 Å². The first-order chi connectivity index (χ1) is 5.04. The molecule has 2 N–H and O–H groups in total. The summed E-state index contributed by atoms with van der Waals surface area (Å²) < 4.78 is 5.21. The third kappa shape index (κ3) is 5.66. The SMILES string of the molecule is CC(C)OCCN(C)C(N)=O. The summed E-state index contributed by atoms with van der Waals surface area (Å²) >= 11 is 0. The number of rotatable bonds is 4. The summed E-state index contributed by atoms with van der Waals surface area (Å²) in [5, 5.41) is 0. The Morgan fingerprint density at radius 1 is 1.64 bits per heavy atom. The van der Waals surface area contributed by atoms with Gasteiger partial charge in [-0.1, -0.05) is 0 Å². The second-order valence-electron chi connectivity index (χ2n) is 2.68. The Kier molecular flexibility index (Phi) is 4.61. The largest absolute Gasteiger partial charge is 0.377 e. The van der Waals surface area contributed by atoms with Crippen molar-refractivity contribution in [2.24, 2.45) is 5.73 Å². The van der Waals surface area contributed by atoms with E-state index in [-0.39, 0.29) is 6.10 Å². The summed E-state index contributed by atoms with van der Waals surface area (Å²) in [5.41, 5.74) is 4.98. The van der Waals surface area contributed by atoms with Crippen molar-refractivity contribution in [2.45, 2.75) is 20.0 Å². The van der Waals surface area contributed by atoms with Gasteiger partial charge in [0.1, 0.15) is 0 Å². The molecule has 0 aliphatic heterocycles. The Hall–Kier alpha value is -0.770. The summed E-state index contributed by atoms with van der Waals surface area (Å²) in [5.74, 6) is 0. The van der Waals surface area contributed by atoms with E-state index in [2.05, 4.69) is 0 Å². The molecule has 0 heterocycles. The molecule has 11 heavy (non-hydrogen) atoms. The number of nitrogens with two attached hydrogens (primary N) is 1. The van der Waals surface area contributed by atoms with Crippen molar-refractivity contribution in [3.63, 3.8) is 0 Å². The van der Waals surface area contributed by atoms with Crippen LogP contribution in [0.25, 0.3) is 0 Å². The summed E-state index contributed by atoms with van der Waals surface area (Å²) in [6, 6.07) is -0.419. The van der Waals surface area contributed by atoms with E-state index < -0.39 is 6.03 Å². The molecular formula is C7H16N2O2. The van der Waals surface area contributed by atoms with Crippen molar-refractivity contribution < 1.29 is 9.53 Å². The molecule has 4 nitrogen and oxygen atoms in total. The van der Waals surface area contributed by atoms with E-state index in [0.717, 1.165) is 0 Å². The number of carbonyl (C=O) groups is 1. The summed E-state index contributed by atoms with van der Waals surface area (Å²) in [6.45, 7) is 4.99. The first-order valence-electron chi connectivity index (χ1n) is 3.66. The predicted molar refractivity (Wildman–Crippen MR) is 43.3 cm³/mol. The van der Waals surface area contributed by atoms with Crippen molar-refractivity contribution >= 4 is 6.03 Å². The highest BCUT2D eigenvalue weighted by molar-refractivity contribution is 5.71. The molecule has 4 heteroatoms. The molecule has 0 atom stereocenters. The highest BCUT2D eigenvalue weighted by Crippen LogP contribution is 1.88. The quantitative estimate of drug-likeness (QED) is 0.648. The first-order valence-corrected chi connectivity index (χ1v) is 3.66. The molecule has 0 radical (unpaired) electrons. The van der Waals surface area contributed by atoms with Crippen LogP contribution in [0.1, 0.15) is 13.8 Å². The number of hydrogen-bond donors (Lipinski definition) is 1. The lowest BCUT2D eigenvalue weighted by molar-refractivity contribution is 0.0688. The molecule has 0 rings (SSSR count). The number of urea groups is 1. The van der Waals surface area contributed by atoms with Crippen LogP contribution in [0, 0.1) is 0 Å². The smallest absolute Gasteiger partial charge is 0.314 e. The van der Waals surface area contributed by atoms with E-state index >= 15 is 0 Å². The molecule has 0 aliphatic rings. The van der Waals surface area contributed by atoms with Gasteiger partial charge in [0.2, 0.25) is 0 Å². The zero-order chi connectivity index (χ0) is 8.85. The number of carbonyl (C=O) groups excluding carboxylic acids is 1. The van der Waals surface area contributed by atoms with E-state index in [1.807, 2.05) is 13.8 Å². The van der Waals surface area contributed by atoms with Gasteiger partial charge in [-0.25, -0.2) is 4.79 Å². The lowest BCUT2D eigenvalue weighted by atomic mass is 10.5. The number of ether oxygens (including phenoxy) is 1. The molecule has 66 valence electrons. The average Bonchev–Trinajstić information content (AvgIpc) is 1.86. The van der Waals surface area contributed by atoms with Crippen LogP contribution in [0.3, 0.4) is 0 Å². The number of hydrogen-bond acceptors (Lipinski definition) is 2. The monoisotopic (exact) mass is 160 g/mol. The van der Waals surface area contributed by atoms with Crippen LogP contribution < -0.4 is 5.73 Å². The normalized spacial score (nSPS) is 10.2. The Morgan fingerprint density at radius 2 is 2.18 bits per heavy atom. The maximum absolute atomic E-state index is 10.5.